The summed E-state index contributed by atoms with van der Waals surface area (Å²) < 4.78 is 0. The first-order valence-corrected chi connectivity index (χ1v) is 8.79. The van der Waals surface area contributed by atoms with Gasteiger partial charge in [0.15, 0.2) is 0 Å². The fourth-order valence-electron chi connectivity index (χ4n) is 4.12. The van der Waals surface area contributed by atoms with Crippen LogP contribution in [0.25, 0.3) is 0 Å². The molecule has 0 amide bonds. The molecule has 0 saturated heterocycles. The Morgan fingerprint density at radius 3 is 1.29 bits per heavy atom. The zero-order valence-corrected chi connectivity index (χ0v) is 21.2. The van der Waals surface area contributed by atoms with Gasteiger partial charge in [0.1, 0.15) is 0 Å². The zero-order chi connectivity index (χ0) is 17.4. The van der Waals surface area contributed by atoms with Gasteiger partial charge in [-0.3, -0.25) is 6.08 Å². The van der Waals surface area contributed by atoms with Gasteiger partial charge in [-0.15, -0.1) is 6.42 Å². The van der Waals surface area contributed by atoms with Crippen molar-refractivity contribution in [2.75, 3.05) is 0 Å². The van der Waals surface area contributed by atoms with E-state index >= 15 is 0 Å². The molecule has 0 spiro atoms. The van der Waals surface area contributed by atoms with Gasteiger partial charge >= 0.3 is 21.7 Å². The van der Waals surface area contributed by atoms with Crippen LogP contribution < -0.4 is 37.2 Å². The van der Waals surface area contributed by atoms with Crippen LogP contribution in [0.5, 0.6) is 0 Å². The number of aryl methyl sites for hydroxylation is 4. The molecule has 0 saturated carbocycles. The Morgan fingerprint density at radius 2 is 1.00 bits per heavy atom. The summed E-state index contributed by atoms with van der Waals surface area (Å²) in [7, 11) is 0. The number of hydrogen-bond donors (Lipinski definition) is 0. The summed E-state index contributed by atoms with van der Waals surface area (Å²) >= 11 is 0. The fourth-order valence-corrected chi connectivity index (χ4v) is 4.12. The number of allylic oxidation sites excluding steroid dienone is 4. The minimum Gasteiger partial charge on any atom is -1.00 e. The predicted molar refractivity (Wildman–Crippen MR) is 103 cm³/mol. The molecule has 0 unspecified atom stereocenters. The van der Waals surface area contributed by atoms with Crippen molar-refractivity contribution in [3.63, 3.8) is 0 Å². The van der Waals surface area contributed by atoms with Crippen molar-refractivity contribution >= 4 is 0 Å². The van der Waals surface area contributed by atoms with E-state index in [1.807, 2.05) is 0 Å². The molecule has 148 valence electrons. The first-order valence-electron chi connectivity index (χ1n) is 8.79. The monoisotopic (exact) mass is 468 g/mol. The quantitative estimate of drug-likeness (QED) is 0.345. The summed E-state index contributed by atoms with van der Waals surface area (Å²) in [6, 6.07) is 13.9. The van der Waals surface area contributed by atoms with Crippen LogP contribution in [0.1, 0.15) is 59.6 Å². The number of benzene rings is 2. The second-order valence-electron chi connectivity index (χ2n) is 7.45. The van der Waals surface area contributed by atoms with Crippen LogP contribution in [0.15, 0.2) is 53.1 Å². The van der Waals surface area contributed by atoms with Gasteiger partial charge in [-0.25, -0.2) is 5.57 Å². The van der Waals surface area contributed by atoms with Crippen molar-refractivity contribution in [1.29, 1.82) is 0 Å². The predicted octanol–water partition coefficient (Wildman–Crippen LogP) is -2.47. The Bertz CT molecular complexity index is 774. The van der Waals surface area contributed by atoms with Crippen molar-refractivity contribution in [2.24, 2.45) is 0 Å². The minimum absolute atomic E-state index is 0. The van der Waals surface area contributed by atoms with E-state index in [0.717, 1.165) is 6.42 Å². The molecular formula is C24H27Cl3Ti. The summed E-state index contributed by atoms with van der Waals surface area (Å²) in [4.78, 5) is 0. The Balaban J connectivity index is 0. The SMILES string of the molecule is CC1=[C-]CC(C)=C1C(c1cc(C)cc(C)c1)c1cc(C)cc(C)c1.[Cl-].[Cl-].[Cl-].[Ti+4]. The Hall–Kier alpha value is -0.496. The van der Waals surface area contributed by atoms with Crippen molar-refractivity contribution in [3.8, 4) is 0 Å². The summed E-state index contributed by atoms with van der Waals surface area (Å²) in [6.07, 6.45) is 4.51. The van der Waals surface area contributed by atoms with Crippen LogP contribution in [-0.4, -0.2) is 0 Å². The Morgan fingerprint density at radius 1 is 0.643 bits per heavy atom. The molecule has 0 nitrogen and oxygen atoms in total. The molecular weight excluding hydrogens is 442 g/mol. The second kappa shape index (κ2) is 12.3. The molecule has 0 heterocycles. The van der Waals surface area contributed by atoms with E-state index in [-0.39, 0.29) is 58.9 Å². The van der Waals surface area contributed by atoms with E-state index in [0.29, 0.717) is 5.92 Å². The third-order valence-corrected chi connectivity index (χ3v) is 4.93. The van der Waals surface area contributed by atoms with E-state index in [4.69, 9.17) is 0 Å². The fraction of sp³-hybridized carbons (Fsp3) is 0.333. The molecule has 0 aromatic heterocycles. The average Bonchev–Trinajstić information content (AvgIpc) is 2.78. The molecule has 3 rings (SSSR count). The standard InChI is InChI=1S/C24H27.3ClH.Ti/c1-15-9-16(2)12-21(11-15)24(23-19(5)7-8-20(23)6)22-13-17(3)10-18(4)14-22;;;;/h9-14,24H,7H2,1-6H3;3*1H;/q-1;;;;+4/p-3. The van der Waals surface area contributed by atoms with Gasteiger partial charge in [0, 0.05) is 0 Å². The van der Waals surface area contributed by atoms with Gasteiger partial charge in [-0.1, -0.05) is 83.6 Å². The van der Waals surface area contributed by atoms with Crippen LogP contribution in [0.4, 0.5) is 0 Å². The summed E-state index contributed by atoms with van der Waals surface area (Å²) in [6.45, 7) is 13.3. The average molecular weight is 470 g/mol. The Labute approximate surface area is 204 Å². The zero-order valence-electron chi connectivity index (χ0n) is 17.4. The summed E-state index contributed by atoms with van der Waals surface area (Å²) in [5.74, 6) is 0.303. The first-order chi connectivity index (χ1) is 11.3. The minimum atomic E-state index is 0. The van der Waals surface area contributed by atoms with Crippen molar-refractivity contribution < 1.29 is 58.9 Å². The van der Waals surface area contributed by atoms with Crippen molar-refractivity contribution in [1.82, 2.24) is 0 Å². The van der Waals surface area contributed by atoms with Gasteiger partial charge < -0.3 is 37.2 Å². The third-order valence-electron chi connectivity index (χ3n) is 4.93. The maximum absolute atomic E-state index is 3.54. The molecule has 0 fully saturated rings. The molecule has 0 N–H and O–H groups in total. The normalized spacial score (nSPS) is 12.5. The van der Waals surface area contributed by atoms with Crippen LogP contribution in [0.2, 0.25) is 0 Å². The second-order valence-corrected chi connectivity index (χ2v) is 7.45. The largest absolute Gasteiger partial charge is 4.00 e. The van der Waals surface area contributed by atoms with Crippen molar-refractivity contribution in [2.45, 2.75) is 53.9 Å². The number of rotatable bonds is 3. The van der Waals surface area contributed by atoms with Gasteiger partial charge in [0.2, 0.25) is 0 Å². The number of halogens is 3. The van der Waals surface area contributed by atoms with Crippen LogP contribution >= 0.6 is 0 Å². The van der Waals surface area contributed by atoms with E-state index in [1.165, 1.54) is 50.1 Å². The van der Waals surface area contributed by atoms with Crippen LogP contribution in [0, 0.1) is 33.8 Å². The molecule has 0 bridgehead atoms. The first kappa shape index (κ1) is 29.7. The third kappa shape index (κ3) is 6.51. The van der Waals surface area contributed by atoms with E-state index < -0.39 is 0 Å². The molecule has 0 atom stereocenters. The molecule has 1 aliphatic carbocycles. The maximum atomic E-state index is 3.54. The Kier molecular flexibility index (Phi) is 13.0. The molecule has 0 radical (unpaired) electrons. The van der Waals surface area contributed by atoms with Gasteiger partial charge in [0.25, 0.3) is 0 Å². The molecule has 1 aliphatic rings. The maximum Gasteiger partial charge on any atom is 4.00 e. The molecule has 28 heavy (non-hydrogen) atoms. The summed E-state index contributed by atoms with van der Waals surface area (Å²) in [5, 5.41) is 0. The smallest absolute Gasteiger partial charge is 1.00 e. The van der Waals surface area contributed by atoms with Gasteiger partial charge in [0.05, 0.1) is 0 Å². The molecule has 2 aromatic carbocycles. The van der Waals surface area contributed by atoms with Gasteiger partial charge in [-0.05, 0) is 33.6 Å². The van der Waals surface area contributed by atoms with Crippen LogP contribution in [0.3, 0.4) is 0 Å². The van der Waals surface area contributed by atoms with Gasteiger partial charge in [-0.2, -0.15) is 11.1 Å². The molecule has 0 aliphatic heterocycles. The topological polar surface area (TPSA) is 0 Å². The van der Waals surface area contributed by atoms with Crippen LogP contribution in [-0.2, 0) is 21.7 Å². The number of hydrogen-bond acceptors (Lipinski definition) is 0. The van der Waals surface area contributed by atoms with E-state index in [1.54, 1.807) is 0 Å². The summed E-state index contributed by atoms with van der Waals surface area (Å²) in [5.41, 5.74) is 12.4. The van der Waals surface area contributed by atoms with E-state index in [9.17, 15) is 0 Å². The molecule has 4 heteroatoms. The van der Waals surface area contributed by atoms with E-state index in [2.05, 4.69) is 84.0 Å². The van der Waals surface area contributed by atoms with Crippen molar-refractivity contribution in [3.05, 3.63) is 92.6 Å². The molecule has 2 aromatic rings.